The molecule has 2 atom stereocenters. The van der Waals surface area contributed by atoms with Gasteiger partial charge in [-0.3, -0.25) is 0 Å². The van der Waals surface area contributed by atoms with E-state index in [1.165, 1.54) is 5.69 Å². The highest BCUT2D eigenvalue weighted by atomic mass is 79.9. The van der Waals surface area contributed by atoms with Gasteiger partial charge in [-0.15, -0.1) is 0 Å². The third-order valence-corrected chi connectivity index (χ3v) is 5.40. The maximum absolute atomic E-state index is 5.45. The van der Waals surface area contributed by atoms with Crippen LogP contribution < -0.4 is 15.0 Å². The molecule has 21 heavy (non-hydrogen) atoms. The second-order valence-electron chi connectivity index (χ2n) is 6.77. The van der Waals surface area contributed by atoms with E-state index in [9.17, 15) is 0 Å². The summed E-state index contributed by atoms with van der Waals surface area (Å²) in [5, 5.41) is 3.67. The molecule has 1 aliphatic heterocycles. The number of benzene rings is 1. The van der Waals surface area contributed by atoms with E-state index in [4.69, 9.17) is 4.74 Å². The fourth-order valence-electron chi connectivity index (χ4n) is 2.67. The maximum atomic E-state index is 5.45. The lowest BCUT2D eigenvalue weighted by Gasteiger charge is -2.45. The first-order valence-corrected chi connectivity index (χ1v) is 8.85. The van der Waals surface area contributed by atoms with Crippen LogP contribution in [0.15, 0.2) is 21.1 Å². The molecule has 1 fully saturated rings. The number of hydrogen-bond donors (Lipinski definition) is 1. The number of nitrogens with zero attached hydrogens (tertiary/aromatic N) is 1. The Morgan fingerprint density at radius 3 is 2.48 bits per heavy atom. The normalized spacial score (nSPS) is 23.3. The topological polar surface area (TPSA) is 24.5 Å². The molecule has 0 spiro atoms. The standard InChI is InChI=1S/C16H24Br2N2O/c1-10-8-19-15(16(2,3)4)9-20(10)13-7-14(21-5)12(18)6-11(13)17/h6-7,10,15,19H,8-9H2,1-5H3. The zero-order valence-electron chi connectivity index (χ0n) is 13.3. The molecule has 118 valence electrons. The molecule has 0 radical (unpaired) electrons. The van der Waals surface area contributed by atoms with Crippen molar-refractivity contribution in [2.24, 2.45) is 5.41 Å². The molecular formula is C16H24Br2N2O. The van der Waals surface area contributed by atoms with Crippen molar-refractivity contribution in [3.05, 3.63) is 21.1 Å². The number of ether oxygens (including phenoxy) is 1. The van der Waals surface area contributed by atoms with Gasteiger partial charge in [0.05, 0.1) is 17.3 Å². The summed E-state index contributed by atoms with van der Waals surface area (Å²) in [7, 11) is 1.71. The number of piperazine rings is 1. The fourth-order valence-corrected chi connectivity index (χ4v) is 4.06. The van der Waals surface area contributed by atoms with Crippen LogP contribution in [0, 0.1) is 5.41 Å². The molecule has 1 aromatic carbocycles. The minimum Gasteiger partial charge on any atom is -0.495 e. The summed E-state index contributed by atoms with van der Waals surface area (Å²) in [5.74, 6) is 0.867. The highest BCUT2D eigenvalue weighted by Gasteiger charge is 2.33. The monoisotopic (exact) mass is 418 g/mol. The minimum atomic E-state index is 0.240. The molecule has 1 aliphatic rings. The van der Waals surface area contributed by atoms with Gasteiger partial charge in [-0.1, -0.05) is 20.8 Å². The van der Waals surface area contributed by atoms with Gasteiger partial charge in [0.2, 0.25) is 0 Å². The predicted molar refractivity (Wildman–Crippen MR) is 96.4 cm³/mol. The summed E-state index contributed by atoms with van der Waals surface area (Å²) >= 11 is 7.23. The highest BCUT2D eigenvalue weighted by molar-refractivity contribution is 9.11. The zero-order chi connectivity index (χ0) is 15.8. The van der Waals surface area contributed by atoms with Gasteiger partial charge in [0.25, 0.3) is 0 Å². The Morgan fingerprint density at radius 1 is 1.24 bits per heavy atom. The fraction of sp³-hybridized carbons (Fsp3) is 0.625. The molecule has 2 unspecified atom stereocenters. The van der Waals surface area contributed by atoms with Crippen LogP contribution in [0.1, 0.15) is 27.7 Å². The Morgan fingerprint density at radius 2 is 1.90 bits per heavy atom. The van der Waals surface area contributed by atoms with E-state index in [-0.39, 0.29) is 5.41 Å². The number of methoxy groups -OCH3 is 1. The Hall–Kier alpha value is -0.260. The third kappa shape index (κ3) is 3.74. The molecule has 1 N–H and O–H groups in total. The maximum Gasteiger partial charge on any atom is 0.135 e. The molecule has 5 heteroatoms. The molecule has 0 aliphatic carbocycles. The summed E-state index contributed by atoms with van der Waals surface area (Å²) in [6, 6.07) is 5.09. The van der Waals surface area contributed by atoms with Crippen molar-refractivity contribution in [3.8, 4) is 5.75 Å². The van der Waals surface area contributed by atoms with Crippen LogP contribution >= 0.6 is 31.9 Å². The second-order valence-corrected chi connectivity index (χ2v) is 8.48. The lowest BCUT2D eigenvalue weighted by Crippen LogP contribution is -2.59. The average Bonchev–Trinajstić information content (AvgIpc) is 2.39. The van der Waals surface area contributed by atoms with Gasteiger partial charge in [0.15, 0.2) is 0 Å². The number of hydrogen-bond acceptors (Lipinski definition) is 3. The Balaban J connectivity index is 2.35. The van der Waals surface area contributed by atoms with Crippen LogP contribution in [0.4, 0.5) is 5.69 Å². The van der Waals surface area contributed by atoms with E-state index in [2.05, 4.69) is 81.9 Å². The molecule has 1 heterocycles. The van der Waals surface area contributed by atoms with Gasteiger partial charge >= 0.3 is 0 Å². The first-order chi connectivity index (χ1) is 9.74. The van der Waals surface area contributed by atoms with E-state index in [0.29, 0.717) is 12.1 Å². The molecule has 3 nitrogen and oxygen atoms in total. The number of anilines is 1. The van der Waals surface area contributed by atoms with Crippen LogP contribution in [-0.2, 0) is 0 Å². The van der Waals surface area contributed by atoms with Gasteiger partial charge in [-0.05, 0) is 50.3 Å². The highest BCUT2D eigenvalue weighted by Crippen LogP contribution is 2.38. The van der Waals surface area contributed by atoms with Crippen molar-refractivity contribution in [2.45, 2.75) is 39.8 Å². The van der Waals surface area contributed by atoms with Crippen LogP contribution in [-0.4, -0.2) is 32.3 Å². The van der Waals surface area contributed by atoms with Crippen molar-refractivity contribution >= 4 is 37.5 Å². The predicted octanol–water partition coefficient (Wildman–Crippen LogP) is 4.43. The summed E-state index contributed by atoms with van der Waals surface area (Å²) in [6.45, 7) is 11.1. The molecule has 0 amide bonds. The molecule has 0 aromatic heterocycles. The zero-order valence-corrected chi connectivity index (χ0v) is 16.5. The SMILES string of the molecule is COc1cc(N2CC(C(C)(C)C)NCC2C)c(Br)cc1Br. The van der Waals surface area contributed by atoms with Gasteiger partial charge in [0, 0.05) is 35.7 Å². The second kappa shape index (κ2) is 6.47. The van der Waals surface area contributed by atoms with Gasteiger partial charge in [-0.25, -0.2) is 0 Å². The Labute approximate surface area is 144 Å². The van der Waals surface area contributed by atoms with Gasteiger partial charge < -0.3 is 15.0 Å². The van der Waals surface area contributed by atoms with Crippen LogP contribution in [0.2, 0.25) is 0 Å². The lowest BCUT2D eigenvalue weighted by molar-refractivity contribution is 0.238. The summed E-state index contributed by atoms with van der Waals surface area (Å²) < 4.78 is 7.51. The molecule has 2 rings (SSSR count). The number of rotatable bonds is 2. The average molecular weight is 420 g/mol. The quantitative estimate of drug-likeness (QED) is 0.767. The Kier molecular flexibility index (Phi) is 5.27. The van der Waals surface area contributed by atoms with E-state index in [1.807, 2.05) is 0 Å². The molecule has 1 saturated heterocycles. The van der Waals surface area contributed by atoms with Crippen molar-refractivity contribution < 1.29 is 4.74 Å². The van der Waals surface area contributed by atoms with Crippen molar-refractivity contribution in [3.63, 3.8) is 0 Å². The summed E-state index contributed by atoms with van der Waals surface area (Å²) in [4.78, 5) is 2.46. The largest absolute Gasteiger partial charge is 0.495 e. The summed E-state index contributed by atoms with van der Waals surface area (Å²) in [6.07, 6.45) is 0. The summed E-state index contributed by atoms with van der Waals surface area (Å²) in [5.41, 5.74) is 1.43. The van der Waals surface area contributed by atoms with E-state index >= 15 is 0 Å². The van der Waals surface area contributed by atoms with Crippen molar-refractivity contribution in [2.75, 3.05) is 25.1 Å². The number of halogens is 2. The van der Waals surface area contributed by atoms with E-state index in [1.54, 1.807) is 7.11 Å². The first kappa shape index (κ1) is 17.1. The third-order valence-electron chi connectivity index (χ3n) is 4.15. The smallest absolute Gasteiger partial charge is 0.135 e. The lowest BCUT2D eigenvalue weighted by atomic mass is 9.84. The molecule has 0 bridgehead atoms. The first-order valence-electron chi connectivity index (χ1n) is 7.27. The van der Waals surface area contributed by atoms with Crippen LogP contribution in [0.5, 0.6) is 5.75 Å². The van der Waals surface area contributed by atoms with Crippen LogP contribution in [0.25, 0.3) is 0 Å². The molecular weight excluding hydrogens is 396 g/mol. The van der Waals surface area contributed by atoms with Crippen molar-refractivity contribution in [1.82, 2.24) is 5.32 Å². The van der Waals surface area contributed by atoms with Gasteiger partial charge in [0.1, 0.15) is 5.75 Å². The van der Waals surface area contributed by atoms with E-state index < -0.39 is 0 Å². The van der Waals surface area contributed by atoms with Crippen LogP contribution in [0.3, 0.4) is 0 Å². The van der Waals surface area contributed by atoms with Gasteiger partial charge in [-0.2, -0.15) is 0 Å². The molecule has 0 saturated carbocycles. The Bertz CT molecular complexity index is 514. The molecule has 1 aromatic rings. The number of nitrogens with one attached hydrogen (secondary N) is 1. The van der Waals surface area contributed by atoms with E-state index in [0.717, 1.165) is 27.8 Å². The minimum absolute atomic E-state index is 0.240. The van der Waals surface area contributed by atoms with Crippen molar-refractivity contribution in [1.29, 1.82) is 0 Å².